The average Bonchev–Trinajstić information content (AvgIpc) is 2.82. The fourth-order valence-electron chi connectivity index (χ4n) is 4.28. The fraction of sp³-hybridized carbons (Fsp3) is 0.400. The van der Waals surface area contributed by atoms with Crippen LogP contribution in [0.5, 0.6) is 0 Å². The predicted octanol–water partition coefficient (Wildman–Crippen LogP) is 3.58. The van der Waals surface area contributed by atoms with Gasteiger partial charge < -0.3 is 9.84 Å². The van der Waals surface area contributed by atoms with E-state index in [1.165, 1.54) is 4.68 Å². The molecular formula is C25H28N4O4. The Kier molecular flexibility index (Phi) is 7.24. The van der Waals surface area contributed by atoms with Gasteiger partial charge in [0.05, 0.1) is 6.61 Å². The maximum Gasteiger partial charge on any atom is 0.364 e. The van der Waals surface area contributed by atoms with Crippen LogP contribution in [0, 0.1) is 18.8 Å². The first kappa shape index (κ1) is 22.8. The molecule has 0 unspecified atom stereocenters. The highest BCUT2D eigenvalue weighted by Crippen LogP contribution is 2.31. The van der Waals surface area contributed by atoms with Crippen LogP contribution >= 0.6 is 0 Å². The summed E-state index contributed by atoms with van der Waals surface area (Å²) >= 11 is 0. The van der Waals surface area contributed by atoms with Crippen LogP contribution in [0.25, 0.3) is 22.5 Å². The van der Waals surface area contributed by atoms with Gasteiger partial charge in [0.25, 0.3) is 0 Å². The molecule has 33 heavy (non-hydrogen) atoms. The second-order valence-corrected chi connectivity index (χ2v) is 8.68. The Balaban J connectivity index is 1.53. The van der Waals surface area contributed by atoms with Gasteiger partial charge in [0.15, 0.2) is 0 Å². The van der Waals surface area contributed by atoms with Gasteiger partial charge in [-0.15, -0.1) is 0 Å². The second-order valence-electron chi connectivity index (χ2n) is 8.68. The van der Waals surface area contributed by atoms with E-state index in [9.17, 15) is 9.59 Å². The van der Waals surface area contributed by atoms with Crippen LogP contribution in [0.2, 0.25) is 0 Å². The van der Waals surface area contributed by atoms with Crippen molar-refractivity contribution in [2.24, 2.45) is 11.8 Å². The summed E-state index contributed by atoms with van der Waals surface area (Å²) in [6.07, 6.45) is 7.22. The van der Waals surface area contributed by atoms with Crippen molar-refractivity contribution in [2.45, 2.75) is 39.2 Å². The lowest BCUT2D eigenvalue weighted by Gasteiger charge is -2.28. The first-order valence-electron chi connectivity index (χ1n) is 11.3. The minimum absolute atomic E-state index is 0.255. The Morgan fingerprint density at radius 3 is 2.45 bits per heavy atom. The lowest BCUT2D eigenvalue weighted by Crippen LogP contribution is -2.31. The Morgan fingerprint density at radius 1 is 1.06 bits per heavy atom. The van der Waals surface area contributed by atoms with Crippen LogP contribution in [0.3, 0.4) is 0 Å². The van der Waals surface area contributed by atoms with Crippen molar-refractivity contribution >= 4 is 5.97 Å². The summed E-state index contributed by atoms with van der Waals surface area (Å²) in [4.78, 5) is 32.2. The highest BCUT2D eigenvalue weighted by Gasteiger charge is 2.23. The molecule has 2 heterocycles. The molecule has 4 rings (SSSR count). The maximum atomic E-state index is 12.9. The number of carboxylic acid groups (broad SMARTS) is 1. The zero-order chi connectivity index (χ0) is 23.2. The number of nitrogens with zero attached hydrogens (tertiary/aromatic N) is 4. The maximum absolute atomic E-state index is 12.9. The highest BCUT2D eigenvalue weighted by atomic mass is 16.5. The molecule has 2 aromatic heterocycles. The monoisotopic (exact) mass is 448 g/mol. The summed E-state index contributed by atoms with van der Waals surface area (Å²) in [5, 5.41) is 13.4. The first-order valence-corrected chi connectivity index (χ1v) is 11.3. The van der Waals surface area contributed by atoms with Crippen LogP contribution in [0.1, 0.15) is 31.2 Å². The number of ether oxygens (including phenoxy) is 1. The van der Waals surface area contributed by atoms with E-state index in [0.717, 1.165) is 42.4 Å². The van der Waals surface area contributed by atoms with E-state index in [1.807, 2.05) is 43.3 Å². The summed E-state index contributed by atoms with van der Waals surface area (Å²) in [5.74, 6) is -0.266. The molecule has 1 fully saturated rings. The number of carbonyl (C=O) groups is 1. The predicted molar refractivity (Wildman–Crippen MR) is 124 cm³/mol. The fourth-order valence-corrected chi connectivity index (χ4v) is 4.28. The summed E-state index contributed by atoms with van der Waals surface area (Å²) in [6.45, 7) is 2.74. The van der Waals surface area contributed by atoms with Crippen molar-refractivity contribution in [1.82, 2.24) is 19.7 Å². The molecule has 3 aromatic rings. The van der Waals surface area contributed by atoms with E-state index < -0.39 is 5.97 Å². The van der Waals surface area contributed by atoms with E-state index >= 15 is 0 Å². The van der Waals surface area contributed by atoms with Crippen LogP contribution in [-0.2, 0) is 16.1 Å². The normalized spacial score (nSPS) is 18.2. The Bertz CT molecular complexity index is 1140. The quantitative estimate of drug-likeness (QED) is 0.561. The van der Waals surface area contributed by atoms with E-state index in [-0.39, 0.29) is 12.3 Å². The van der Waals surface area contributed by atoms with Gasteiger partial charge in [-0.2, -0.15) is 10.1 Å². The van der Waals surface area contributed by atoms with Crippen molar-refractivity contribution in [3.8, 4) is 22.5 Å². The zero-order valence-corrected chi connectivity index (χ0v) is 18.7. The Hall–Kier alpha value is -3.39. The van der Waals surface area contributed by atoms with Gasteiger partial charge in [0.2, 0.25) is 0 Å². The van der Waals surface area contributed by atoms with Gasteiger partial charge in [0.1, 0.15) is 18.0 Å². The number of hydrogen-bond acceptors (Lipinski definition) is 6. The van der Waals surface area contributed by atoms with E-state index in [0.29, 0.717) is 36.4 Å². The Morgan fingerprint density at radius 2 is 1.79 bits per heavy atom. The van der Waals surface area contributed by atoms with Gasteiger partial charge in [-0.1, -0.05) is 29.8 Å². The van der Waals surface area contributed by atoms with E-state index in [4.69, 9.17) is 14.9 Å². The number of aryl methyl sites for hydroxylation is 1. The van der Waals surface area contributed by atoms with Crippen LogP contribution in [0.4, 0.5) is 0 Å². The lowest BCUT2D eigenvalue weighted by molar-refractivity contribution is -0.142. The molecule has 1 N–H and O–H groups in total. The van der Waals surface area contributed by atoms with Crippen molar-refractivity contribution in [3.63, 3.8) is 0 Å². The topological polar surface area (TPSA) is 107 Å². The molecule has 8 heteroatoms. The standard InChI is InChI=1S/C25H28N4O4/c1-17-4-10-20(11-5-17)23-24(21-3-2-12-26-13-21)28-29(25(32)27-23)14-18-6-8-19(9-7-18)15-33-16-22(30)31/h2-5,10-13,18-19H,6-9,14-16H2,1H3,(H,30,31)/t18-,19-. The number of aliphatic carboxylic acids is 1. The number of aromatic nitrogens is 4. The smallest absolute Gasteiger partial charge is 0.364 e. The number of carboxylic acids is 1. The molecule has 0 atom stereocenters. The van der Waals surface area contributed by atoms with E-state index in [1.54, 1.807) is 12.4 Å². The third kappa shape index (κ3) is 5.90. The van der Waals surface area contributed by atoms with Crippen LogP contribution in [0.15, 0.2) is 53.6 Å². The SMILES string of the molecule is Cc1ccc(-c2nc(=O)n(C[C@H]3CC[C@H](COCC(=O)O)CC3)nc2-c2cccnc2)cc1. The molecule has 0 spiro atoms. The molecule has 0 radical (unpaired) electrons. The third-order valence-electron chi connectivity index (χ3n) is 6.11. The van der Waals surface area contributed by atoms with Crippen LogP contribution < -0.4 is 5.69 Å². The van der Waals surface area contributed by atoms with Crippen LogP contribution in [-0.4, -0.2) is 44.0 Å². The van der Waals surface area contributed by atoms with Crippen molar-refractivity contribution in [2.75, 3.05) is 13.2 Å². The molecule has 172 valence electrons. The van der Waals surface area contributed by atoms with Crippen molar-refractivity contribution < 1.29 is 14.6 Å². The summed E-state index contributed by atoms with van der Waals surface area (Å²) in [6, 6.07) is 11.7. The molecule has 1 aliphatic carbocycles. The average molecular weight is 449 g/mol. The molecule has 1 saturated carbocycles. The van der Waals surface area contributed by atoms with Gasteiger partial charge in [-0.25, -0.2) is 14.3 Å². The largest absolute Gasteiger partial charge is 0.480 e. The van der Waals surface area contributed by atoms with Gasteiger partial charge in [-0.05, 0) is 56.6 Å². The van der Waals surface area contributed by atoms with Crippen molar-refractivity contribution in [1.29, 1.82) is 0 Å². The molecule has 0 saturated heterocycles. The summed E-state index contributed by atoms with van der Waals surface area (Å²) < 4.78 is 6.73. The van der Waals surface area contributed by atoms with Gasteiger partial charge in [-0.3, -0.25) is 4.98 Å². The number of hydrogen-bond donors (Lipinski definition) is 1. The molecule has 1 aliphatic rings. The summed E-state index contributed by atoms with van der Waals surface area (Å²) in [7, 11) is 0. The molecule has 0 amide bonds. The molecule has 0 bridgehead atoms. The first-order chi connectivity index (χ1) is 16.0. The molecule has 0 aliphatic heterocycles. The number of pyridine rings is 1. The highest BCUT2D eigenvalue weighted by molar-refractivity contribution is 5.76. The third-order valence-corrected chi connectivity index (χ3v) is 6.11. The Labute approximate surface area is 192 Å². The van der Waals surface area contributed by atoms with Crippen molar-refractivity contribution in [3.05, 3.63) is 64.8 Å². The zero-order valence-electron chi connectivity index (χ0n) is 18.7. The minimum atomic E-state index is -0.944. The number of benzene rings is 1. The molecule has 8 nitrogen and oxygen atoms in total. The summed E-state index contributed by atoms with van der Waals surface area (Å²) in [5.41, 5.74) is 3.63. The molecular weight excluding hydrogens is 420 g/mol. The second kappa shape index (κ2) is 10.5. The number of rotatable bonds is 8. The lowest BCUT2D eigenvalue weighted by atomic mass is 9.82. The minimum Gasteiger partial charge on any atom is -0.480 e. The molecule has 1 aromatic carbocycles. The van der Waals surface area contributed by atoms with Gasteiger partial charge in [0, 0.05) is 30.1 Å². The van der Waals surface area contributed by atoms with E-state index in [2.05, 4.69) is 9.97 Å². The van der Waals surface area contributed by atoms with Gasteiger partial charge >= 0.3 is 11.7 Å².